The smallest absolute Gasteiger partial charge is 0.150 e. The van der Waals surface area contributed by atoms with Crippen LogP contribution in [0.25, 0.3) is 0 Å². The zero-order chi connectivity index (χ0) is 13.1. The summed E-state index contributed by atoms with van der Waals surface area (Å²) in [5, 5.41) is 0. The third kappa shape index (κ3) is 2.59. The predicted molar refractivity (Wildman–Crippen MR) is 75.5 cm³/mol. The number of anilines is 1. The molecule has 0 fully saturated rings. The van der Waals surface area contributed by atoms with Gasteiger partial charge in [0.2, 0.25) is 0 Å². The lowest BCUT2D eigenvalue weighted by Gasteiger charge is -2.21. The van der Waals surface area contributed by atoms with Gasteiger partial charge in [-0.3, -0.25) is 4.79 Å². The molecule has 0 unspecified atom stereocenters. The topological polar surface area (TPSA) is 33.2 Å². The summed E-state index contributed by atoms with van der Waals surface area (Å²) < 4.78 is 0. The number of thiazole rings is 1. The molecule has 0 aliphatic heterocycles. The van der Waals surface area contributed by atoms with Crippen molar-refractivity contribution in [3.8, 4) is 0 Å². The van der Waals surface area contributed by atoms with Crippen LogP contribution in [0.5, 0.6) is 0 Å². The molecule has 2 rings (SSSR count). The minimum Gasteiger partial charge on any atom is -0.369 e. The van der Waals surface area contributed by atoms with Crippen molar-refractivity contribution in [2.24, 2.45) is 0 Å². The number of aryl methyl sites for hydroxylation is 2. The van der Waals surface area contributed by atoms with Crippen LogP contribution in [0.3, 0.4) is 0 Å². The standard InChI is InChI=1S/C14H16N2OS/c1-10-6-12(8-17)4-5-13(10)16(3)7-14-11(2)15-9-18-14/h4-6,8-9H,7H2,1-3H3. The van der Waals surface area contributed by atoms with E-state index in [4.69, 9.17) is 0 Å². The van der Waals surface area contributed by atoms with E-state index >= 15 is 0 Å². The molecular weight excluding hydrogens is 244 g/mol. The average molecular weight is 260 g/mol. The van der Waals surface area contributed by atoms with Crippen molar-refractivity contribution in [2.45, 2.75) is 20.4 Å². The third-order valence-electron chi connectivity index (χ3n) is 2.99. The molecule has 0 radical (unpaired) electrons. The maximum atomic E-state index is 10.7. The molecule has 0 amide bonds. The largest absolute Gasteiger partial charge is 0.369 e. The van der Waals surface area contributed by atoms with Crippen LogP contribution < -0.4 is 4.90 Å². The number of carbonyl (C=O) groups excluding carboxylic acids is 1. The molecule has 0 N–H and O–H groups in total. The molecule has 18 heavy (non-hydrogen) atoms. The molecule has 1 heterocycles. The van der Waals surface area contributed by atoms with Crippen LogP contribution in [-0.2, 0) is 6.54 Å². The predicted octanol–water partition coefficient (Wildman–Crippen LogP) is 3.21. The summed E-state index contributed by atoms with van der Waals surface area (Å²) in [5.41, 5.74) is 5.95. The fourth-order valence-electron chi connectivity index (χ4n) is 1.96. The van der Waals surface area contributed by atoms with Crippen molar-refractivity contribution in [1.82, 2.24) is 4.98 Å². The number of hydrogen-bond donors (Lipinski definition) is 0. The summed E-state index contributed by atoms with van der Waals surface area (Å²) in [6, 6.07) is 5.76. The number of aromatic nitrogens is 1. The zero-order valence-corrected chi connectivity index (χ0v) is 11.6. The third-order valence-corrected chi connectivity index (χ3v) is 3.91. The van der Waals surface area contributed by atoms with Gasteiger partial charge < -0.3 is 4.90 Å². The fraction of sp³-hybridized carbons (Fsp3) is 0.286. The number of nitrogens with zero attached hydrogens (tertiary/aromatic N) is 2. The van der Waals surface area contributed by atoms with Crippen LogP contribution in [0.15, 0.2) is 23.7 Å². The zero-order valence-electron chi connectivity index (χ0n) is 10.8. The first-order valence-electron chi connectivity index (χ1n) is 5.77. The van der Waals surface area contributed by atoms with Crippen molar-refractivity contribution in [3.63, 3.8) is 0 Å². The molecule has 0 saturated carbocycles. The van der Waals surface area contributed by atoms with E-state index in [0.29, 0.717) is 0 Å². The number of aldehydes is 1. The van der Waals surface area contributed by atoms with Crippen LogP contribution in [0, 0.1) is 13.8 Å². The van der Waals surface area contributed by atoms with Gasteiger partial charge in [-0.2, -0.15) is 0 Å². The summed E-state index contributed by atoms with van der Waals surface area (Å²) in [5.74, 6) is 0. The van der Waals surface area contributed by atoms with E-state index in [1.807, 2.05) is 37.6 Å². The highest BCUT2D eigenvalue weighted by atomic mass is 32.1. The van der Waals surface area contributed by atoms with Gasteiger partial charge in [-0.15, -0.1) is 11.3 Å². The minimum atomic E-state index is 0.721. The Hall–Kier alpha value is -1.68. The molecule has 0 aliphatic rings. The van der Waals surface area contributed by atoms with Crippen LogP contribution in [-0.4, -0.2) is 18.3 Å². The summed E-state index contributed by atoms with van der Waals surface area (Å²) in [4.78, 5) is 18.4. The Morgan fingerprint density at radius 3 is 2.72 bits per heavy atom. The van der Waals surface area contributed by atoms with Crippen molar-refractivity contribution in [3.05, 3.63) is 45.4 Å². The average Bonchev–Trinajstić information content (AvgIpc) is 2.74. The highest BCUT2D eigenvalue weighted by Gasteiger charge is 2.09. The molecule has 1 aromatic heterocycles. The second kappa shape index (κ2) is 5.31. The van der Waals surface area contributed by atoms with Crippen molar-refractivity contribution >= 4 is 23.3 Å². The Morgan fingerprint density at radius 2 is 2.17 bits per heavy atom. The maximum absolute atomic E-state index is 10.7. The molecular formula is C14H16N2OS. The van der Waals surface area contributed by atoms with Crippen molar-refractivity contribution < 1.29 is 4.79 Å². The molecule has 0 atom stereocenters. The van der Waals surface area contributed by atoms with Gasteiger partial charge in [0.05, 0.1) is 17.7 Å². The van der Waals surface area contributed by atoms with Crippen LogP contribution >= 0.6 is 11.3 Å². The van der Waals surface area contributed by atoms with Crippen molar-refractivity contribution in [2.75, 3.05) is 11.9 Å². The monoisotopic (exact) mass is 260 g/mol. The Labute approximate surface area is 111 Å². The first-order chi connectivity index (χ1) is 8.61. The number of carbonyl (C=O) groups is 1. The Balaban J connectivity index is 2.21. The molecule has 1 aromatic carbocycles. The molecule has 0 bridgehead atoms. The number of hydrogen-bond acceptors (Lipinski definition) is 4. The summed E-state index contributed by atoms with van der Waals surface area (Å²) >= 11 is 1.68. The van der Waals surface area contributed by atoms with E-state index in [2.05, 4.69) is 16.9 Å². The normalized spacial score (nSPS) is 10.4. The van der Waals surface area contributed by atoms with Gasteiger partial charge in [0.25, 0.3) is 0 Å². The molecule has 3 nitrogen and oxygen atoms in total. The maximum Gasteiger partial charge on any atom is 0.150 e. The van der Waals surface area contributed by atoms with E-state index < -0.39 is 0 Å². The highest BCUT2D eigenvalue weighted by Crippen LogP contribution is 2.23. The Kier molecular flexibility index (Phi) is 3.77. The van der Waals surface area contributed by atoms with E-state index in [9.17, 15) is 4.79 Å². The molecule has 4 heteroatoms. The molecule has 94 valence electrons. The molecule has 0 saturated heterocycles. The number of benzene rings is 1. The first kappa shape index (κ1) is 12.8. The number of rotatable bonds is 4. The van der Waals surface area contributed by atoms with E-state index in [-0.39, 0.29) is 0 Å². The lowest BCUT2D eigenvalue weighted by molar-refractivity contribution is 0.112. The van der Waals surface area contributed by atoms with Gasteiger partial charge in [-0.05, 0) is 37.6 Å². The second-order valence-electron chi connectivity index (χ2n) is 4.38. The lowest BCUT2D eigenvalue weighted by atomic mass is 10.1. The van der Waals surface area contributed by atoms with Gasteiger partial charge >= 0.3 is 0 Å². The van der Waals surface area contributed by atoms with Gasteiger partial charge in [-0.25, -0.2) is 4.98 Å². The molecule has 0 aliphatic carbocycles. The van der Waals surface area contributed by atoms with Gasteiger partial charge in [0.15, 0.2) is 0 Å². The minimum absolute atomic E-state index is 0.721. The highest BCUT2D eigenvalue weighted by molar-refractivity contribution is 7.09. The second-order valence-corrected chi connectivity index (χ2v) is 5.32. The van der Waals surface area contributed by atoms with Crippen molar-refractivity contribution in [1.29, 1.82) is 0 Å². The Bertz CT molecular complexity index is 563. The molecule has 2 aromatic rings. The first-order valence-corrected chi connectivity index (χ1v) is 6.65. The molecule has 0 spiro atoms. The van der Waals surface area contributed by atoms with E-state index in [1.165, 1.54) is 4.88 Å². The fourth-order valence-corrected chi connectivity index (χ4v) is 2.79. The van der Waals surface area contributed by atoms with Gasteiger partial charge in [0.1, 0.15) is 6.29 Å². The summed E-state index contributed by atoms with van der Waals surface area (Å²) in [6.45, 7) is 4.90. The summed E-state index contributed by atoms with van der Waals surface area (Å²) in [7, 11) is 2.06. The van der Waals surface area contributed by atoms with Crippen LogP contribution in [0.4, 0.5) is 5.69 Å². The van der Waals surface area contributed by atoms with E-state index in [1.54, 1.807) is 11.3 Å². The Morgan fingerprint density at radius 1 is 1.39 bits per heavy atom. The van der Waals surface area contributed by atoms with Crippen LogP contribution in [0.2, 0.25) is 0 Å². The van der Waals surface area contributed by atoms with Crippen LogP contribution in [0.1, 0.15) is 26.5 Å². The van der Waals surface area contributed by atoms with E-state index in [0.717, 1.165) is 35.3 Å². The van der Waals surface area contributed by atoms with Gasteiger partial charge in [0, 0.05) is 23.2 Å². The SMILES string of the molecule is Cc1cc(C=O)ccc1N(C)Cc1scnc1C. The lowest BCUT2D eigenvalue weighted by Crippen LogP contribution is -2.17. The van der Waals surface area contributed by atoms with Gasteiger partial charge in [-0.1, -0.05) is 0 Å². The summed E-state index contributed by atoms with van der Waals surface area (Å²) in [6.07, 6.45) is 0.879. The quantitative estimate of drug-likeness (QED) is 0.791.